The van der Waals surface area contributed by atoms with Crippen LogP contribution < -0.4 is 20.7 Å². The molecule has 1 fully saturated rings. The van der Waals surface area contributed by atoms with Gasteiger partial charge in [-0.2, -0.15) is 5.26 Å². The third-order valence-corrected chi connectivity index (χ3v) is 11.3. The highest BCUT2D eigenvalue weighted by atomic mass is 31.2. The van der Waals surface area contributed by atoms with Crippen molar-refractivity contribution in [1.29, 1.82) is 5.26 Å². The lowest BCUT2D eigenvalue weighted by molar-refractivity contribution is -0.0926. The van der Waals surface area contributed by atoms with E-state index in [1.807, 2.05) is 78.9 Å². The van der Waals surface area contributed by atoms with E-state index < -0.39 is 43.8 Å². The topological polar surface area (TPSA) is 137 Å². The van der Waals surface area contributed by atoms with Gasteiger partial charge in [-0.25, -0.2) is 9.46 Å². The van der Waals surface area contributed by atoms with Crippen LogP contribution in [0.5, 0.6) is 11.5 Å². The SMILES string of the molecule is COc1ccc(C(OC[C@@H]2O[C@H](n3cc(C)c(=O)[nH]c3=O)C[C@H]2OP(OCCC#N)N(C(C)C)C(C)C)(c2ccccc2)c2ccc(OC)cc2)cc1. The van der Waals surface area contributed by atoms with Gasteiger partial charge in [0.15, 0.2) is 0 Å². The van der Waals surface area contributed by atoms with Crippen LogP contribution in [0.2, 0.25) is 0 Å². The number of hydrogen-bond donors (Lipinski definition) is 1. The molecule has 0 aliphatic carbocycles. The molecule has 0 bridgehead atoms. The zero-order valence-electron chi connectivity index (χ0n) is 31.4. The molecule has 0 radical (unpaired) electrons. The van der Waals surface area contributed by atoms with E-state index >= 15 is 0 Å². The zero-order valence-corrected chi connectivity index (χ0v) is 32.2. The van der Waals surface area contributed by atoms with Crippen molar-refractivity contribution in [1.82, 2.24) is 14.2 Å². The molecular formula is C40H49N4O8P. The maximum Gasteiger partial charge on any atom is 0.330 e. The van der Waals surface area contributed by atoms with Crippen molar-refractivity contribution in [2.24, 2.45) is 0 Å². The number of rotatable bonds is 17. The van der Waals surface area contributed by atoms with Gasteiger partial charge in [-0.1, -0.05) is 54.6 Å². The number of methoxy groups -OCH3 is 2. The van der Waals surface area contributed by atoms with Crippen molar-refractivity contribution >= 4 is 8.53 Å². The Hall–Kier alpha value is -4.34. The third-order valence-electron chi connectivity index (χ3n) is 9.16. The Bertz CT molecular complexity index is 1870. The van der Waals surface area contributed by atoms with E-state index in [-0.39, 0.29) is 38.1 Å². The Morgan fingerprint density at radius 3 is 2.02 bits per heavy atom. The number of ether oxygens (including phenoxy) is 4. The number of H-pyrrole nitrogens is 1. The Balaban J connectivity index is 1.60. The molecule has 282 valence electrons. The monoisotopic (exact) mass is 744 g/mol. The van der Waals surface area contributed by atoms with Crippen molar-refractivity contribution in [3.63, 3.8) is 0 Å². The normalized spacial score (nSPS) is 18.0. The fraction of sp³-hybridized carbons (Fsp3) is 0.425. The van der Waals surface area contributed by atoms with Crippen LogP contribution >= 0.6 is 8.53 Å². The summed E-state index contributed by atoms with van der Waals surface area (Å²) < 4.78 is 41.6. The summed E-state index contributed by atoms with van der Waals surface area (Å²) in [6.45, 7) is 10.2. The van der Waals surface area contributed by atoms with Gasteiger partial charge in [0, 0.05) is 30.3 Å². The summed E-state index contributed by atoms with van der Waals surface area (Å²) in [7, 11) is 1.59. The molecule has 5 rings (SSSR count). The summed E-state index contributed by atoms with van der Waals surface area (Å²) in [5.74, 6) is 1.40. The van der Waals surface area contributed by atoms with Crippen molar-refractivity contribution in [2.75, 3.05) is 27.4 Å². The Morgan fingerprint density at radius 1 is 0.925 bits per heavy atom. The summed E-state index contributed by atoms with van der Waals surface area (Å²) in [5, 5.41) is 9.29. The molecule has 0 amide bonds. The lowest BCUT2D eigenvalue weighted by Gasteiger charge is -2.39. The molecule has 1 aliphatic rings. The molecule has 0 saturated carbocycles. The van der Waals surface area contributed by atoms with Crippen LogP contribution in [0.3, 0.4) is 0 Å². The quantitative estimate of drug-likeness (QED) is 0.0697. The van der Waals surface area contributed by atoms with Gasteiger partial charge < -0.3 is 28.0 Å². The molecule has 13 heteroatoms. The highest BCUT2D eigenvalue weighted by molar-refractivity contribution is 7.44. The summed E-state index contributed by atoms with van der Waals surface area (Å²) in [6, 6.07) is 27.8. The van der Waals surface area contributed by atoms with Gasteiger partial charge in [0.05, 0.1) is 46.0 Å². The first-order chi connectivity index (χ1) is 25.5. The molecule has 4 aromatic rings. The van der Waals surface area contributed by atoms with Gasteiger partial charge in [0.25, 0.3) is 14.1 Å². The number of aromatic amines is 1. The van der Waals surface area contributed by atoms with Crippen molar-refractivity contribution < 1.29 is 28.0 Å². The fourth-order valence-electron chi connectivity index (χ4n) is 6.62. The van der Waals surface area contributed by atoms with Gasteiger partial charge in [-0.3, -0.25) is 14.3 Å². The van der Waals surface area contributed by atoms with E-state index in [9.17, 15) is 14.9 Å². The Morgan fingerprint density at radius 2 is 1.49 bits per heavy atom. The summed E-state index contributed by atoms with van der Waals surface area (Å²) >= 11 is 0. The van der Waals surface area contributed by atoms with Gasteiger partial charge in [-0.05, 0) is 75.6 Å². The van der Waals surface area contributed by atoms with Crippen LogP contribution in [0.4, 0.5) is 0 Å². The number of nitrogens with one attached hydrogen (secondary N) is 1. The highest BCUT2D eigenvalue weighted by Gasteiger charge is 2.45. The molecule has 3 aromatic carbocycles. The van der Waals surface area contributed by atoms with Crippen molar-refractivity contribution in [2.45, 2.75) is 83.6 Å². The summed E-state index contributed by atoms with van der Waals surface area (Å²) in [6.07, 6.45) is -0.0783. The molecule has 53 heavy (non-hydrogen) atoms. The first-order valence-corrected chi connectivity index (χ1v) is 18.9. The van der Waals surface area contributed by atoms with Crippen LogP contribution in [-0.2, 0) is 24.1 Å². The first kappa shape index (κ1) is 39.9. The van der Waals surface area contributed by atoms with E-state index in [2.05, 4.69) is 43.4 Å². The van der Waals surface area contributed by atoms with Gasteiger partial charge in [0.2, 0.25) is 0 Å². The molecule has 0 spiro atoms. The number of hydrogen-bond acceptors (Lipinski definition) is 10. The van der Waals surface area contributed by atoms with Crippen molar-refractivity contribution in [3.05, 3.63) is 128 Å². The first-order valence-electron chi connectivity index (χ1n) is 17.7. The van der Waals surface area contributed by atoms with Crippen LogP contribution in [0.1, 0.15) is 69.0 Å². The predicted molar refractivity (Wildman–Crippen MR) is 203 cm³/mol. The maximum absolute atomic E-state index is 13.1. The van der Waals surface area contributed by atoms with Crippen LogP contribution in [0.25, 0.3) is 0 Å². The molecule has 1 aliphatic heterocycles. The third kappa shape index (κ3) is 9.07. The van der Waals surface area contributed by atoms with E-state index in [1.165, 1.54) is 10.8 Å². The van der Waals surface area contributed by atoms with Crippen LogP contribution in [0.15, 0.2) is 94.6 Å². The average molecular weight is 745 g/mol. The van der Waals surface area contributed by atoms with E-state index in [4.69, 9.17) is 28.0 Å². The minimum absolute atomic E-state index is 0.0376. The lowest BCUT2D eigenvalue weighted by atomic mass is 9.80. The minimum Gasteiger partial charge on any atom is -0.497 e. The second-order valence-electron chi connectivity index (χ2n) is 13.3. The average Bonchev–Trinajstić information content (AvgIpc) is 3.56. The molecule has 4 atom stereocenters. The Kier molecular flexibility index (Phi) is 13.6. The number of nitrogens with zero attached hydrogens (tertiary/aromatic N) is 3. The summed E-state index contributed by atoms with van der Waals surface area (Å²) in [4.78, 5) is 27.8. The lowest BCUT2D eigenvalue weighted by Crippen LogP contribution is -2.39. The molecule has 1 aromatic heterocycles. The number of aryl methyl sites for hydroxylation is 1. The van der Waals surface area contributed by atoms with Gasteiger partial charge in [-0.15, -0.1) is 0 Å². The number of nitriles is 1. The van der Waals surface area contributed by atoms with Gasteiger partial charge in [0.1, 0.15) is 29.4 Å². The number of benzene rings is 3. The van der Waals surface area contributed by atoms with E-state index in [0.717, 1.165) is 16.7 Å². The smallest absolute Gasteiger partial charge is 0.330 e. The standard InChI is InChI=1S/C40H49N4O8P/c1-27(2)44(28(3)4)53(50-23-11-22-41)52-35-24-37(43-25-29(5)38(45)42-39(43)46)51-36(35)26-49-40(30-12-9-8-10-13-30,31-14-18-33(47-6)19-15-31)32-16-20-34(48-7)21-17-32/h8-10,12-21,25,27-28,35-37H,11,23-24,26H2,1-7H3,(H,42,45,46)/t35-,36+,37+,53?/m1/s1. The largest absolute Gasteiger partial charge is 0.497 e. The molecule has 1 unspecified atom stereocenters. The number of aromatic nitrogens is 2. The predicted octanol–water partition coefficient (Wildman–Crippen LogP) is 6.82. The van der Waals surface area contributed by atoms with Crippen molar-refractivity contribution in [3.8, 4) is 17.6 Å². The molecular weight excluding hydrogens is 695 g/mol. The second-order valence-corrected chi connectivity index (χ2v) is 14.8. The minimum atomic E-state index is -1.67. The Labute approximate surface area is 312 Å². The second kappa shape index (κ2) is 18.1. The highest BCUT2D eigenvalue weighted by Crippen LogP contribution is 2.50. The molecule has 1 N–H and O–H groups in total. The molecule has 2 heterocycles. The van der Waals surface area contributed by atoms with E-state index in [1.54, 1.807) is 21.1 Å². The van der Waals surface area contributed by atoms with Gasteiger partial charge >= 0.3 is 5.69 Å². The maximum atomic E-state index is 13.1. The van der Waals surface area contributed by atoms with E-state index in [0.29, 0.717) is 17.1 Å². The summed E-state index contributed by atoms with van der Waals surface area (Å²) in [5.41, 5.74) is 0.779. The fourth-order valence-corrected chi connectivity index (χ4v) is 8.38. The van der Waals surface area contributed by atoms with Crippen LogP contribution in [0, 0.1) is 18.3 Å². The van der Waals surface area contributed by atoms with Crippen LogP contribution in [-0.4, -0.2) is 65.9 Å². The zero-order chi connectivity index (χ0) is 38.1. The molecule has 12 nitrogen and oxygen atoms in total. The molecule has 1 saturated heterocycles.